The molecule has 15 nitrogen and oxygen atoms in total. The summed E-state index contributed by atoms with van der Waals surface area (Å²) in [7, 11) is -1.36. The first kappa shape index (κ1) is 34.3. The average Bonchev–Trinajstić information content (AvgIpc) is 3.59. The molecule has 2 aliphatic rings. The lowest BCUT2D eigenvalue weighted by atomic mass is 10.1. The van der Waals surface area contributed by atoms with Crippen molar-refractivity contribution in [2.45, 2.75) is 30.3 Å². The summed E-state index contributed by atoms with van der Waals surface area (Å²) in [5, 5.41) is 12.5. The number of ether oxygens (including phenoxy) is 4. The third kappa shape index (κ3) is 7.90. The highest BCUT2D eigenvalue weighted by Crippen LogP contribution is 2.34. The molecule has 3 aromatic carbocycles. The number of carbonyl (C=O) groups excluding carboxylic acids is 3. The highest BCUT2D eigenvalue weighted by molar-refractivity contribution is 7.89. The number of methoxy groups -OCH3 is 2. The largest absolute Gasteiger partial charge is 0.497 e. The summed E-state index contributed by atoms with van der Waals surface area (Å²) in [5.74, 6) is 0.686. The normalized spacial score (nSPS) is 14.8. The highest BCUT2D eigenvalue weighted by Gasteiger charge is 2.37. The number of hydrogen-bond donors (Lipinski definition) is 3. The van der Waals surface area contributed by atoms with E-state index in [0.717, 1.165) is 4.31 Å². The van der Waals surface area contributed by atoms with Crippen LogP contribution in [-0.4, -0.2) is 98.8 Å². The van der Waals surface area contributed by atoms with Gasteiger partial charge >= 0.3 is 6.03 Å². The molecule has 1 atom stereocenters. The van der Waals surface area contributed by atoms with E-state index >= 15 is 0 Å². The maximum Gasteiger partial charge on any atom is 0.321 e. The molecule has 0 aromatic heterocycles. The van der Waals surface area contributed by atoms with Gasteiger partial charge in [-0.15, -0.1) is 0 Å². The van der Waals surface area contributed by atoms with E-state index in [0.29, 0.717) is 34.2 Å². The molecule has 0 bridgehead atoms. The molecule has 4 amide bonds. The van der Waals surface area contributed by atoms with Crippen molar-refractivity contribution in [3.05, 3.63) is 72.3 Å². The van der Waals surface area contributed by atoms with Gasteiger partial charge < -0.3 is 34.1 Å². The summed E-state index contributed by atoms with van der Waals surface area (Å²) in [6.07, 6.45) is -0.435. The first-order valence-electron chi connectivity index (χ1n) is 15.1. The van der Waals surface area contributed by atoms with E-state index in [1.165, 1.54) is 31.4 Å². The molecule has 3 aromatic rings. The summed E-state index contributed by atoms with van der Waals surface area (Å²) in [4.78, 5) is 42.2. The summed E-state index contributed by atoms with van der Waals surface area (Å²) >= 11 is 0. The zero-order chi connectivity index (χ0) is 34.3. The molecule has 3 N–H and O–H groups in total. The molecule has 5 rings (SSSR count). The number of carbonyl (C=O) groups is 3. The zero-order valence-corrected chi connectivity index (χ0v) is 27.3. The molecule has 16 heteroatoms. The van der Waals surface area contributed by atoms with Crippen LogP contribution >= 0.6 is 0 Å². The number of hydrogen-bond acceptors (Lipinski definition) is 10. The van der Waals surface area contributed by atoms with Crippen LogP contribution in [0, 0.1) is 0 Å². The summed E-state index contributed by atoms with van der Waals surface area (Å²) < 4.78 is 50.2. The lowest BCUT2D eigenvalue weighted by molar-refractivity contribution is -0.135. The Bertz CT molecular complexity index is 1710. The Morgan fingerprint density at radius 3 is 2.10 bits per heavy atom. The van der Waals surface area contributed by atoms with Gasteiger partial charge in [-0.25, -0.2) is 18.7 Å². The molecule has 2 heterocycles. The van der Waals surface area contributed by atoms with Crippen LogP contribution in [0.25, 0.3) is 0 Å². The van der Waals surface area contributed by atoms with Crippen molar-refractivity contribution in [3.63, 3.8) is 0 Å². The van der Waals surface area contributed by atoms with Crippen LogP contribution in [0.1, 0.15) is 18.4 Å². The van der Waals surface area contributed by atoms with Crippen LogP contribution in [-0.2, 0) is 26.2 Å². The first-order chi connectivity index (χ1) is 23.1. The lowest BCUT2D eigenvalue weighted by Gasteiger charge is -2.35. The topological polar surface area (TPSA) is 176 Å². The van der Waals surface area contributed by atoms with Crippen molar-refractivity contribution in [1.29, 1.82) is 0 Å². The van der Waals surface area contributed by atoms with E-state index in [1.807, 2.05) is 0 Å². The van der Waals surface area contributed by atoms with Crippen molar-refractivity contribution >= 4 is 33.6 Å². The molecule has 1 saturated heterocycles. The minimum atomic E-state index is -4.36. The second kappa shape index (κ2) is 15.2. The predicted octanol–water partition coefficient (Wildman–Crippen LogP) is 2.65. The molecule has 48 heavy (non-hydrogen) atoms. The Balaban J connectivity index is 1.28. The second-order valence-corrected chi connectivity index (χ2v) is 12.9. The fourth-order valence-electron chi connectivity index (χ4n) is 5.40. The van der Waals surface area contributed by atoms with Gasteiger partial charge in [0.25, 0.3) is 5.91 Å². The quantitative estimate of drug-likeness (QED) is 0.190. The van der Waals surface area contributed by atoms with Crippen molar-refractivity contribution in [3.8, 4) is 23.0 Å². The van der Waals surface area contributed by atoms with Gasteiger partial charge in [0, 0.05) is 44.8 Å². The minimum Gasteiger partial charge on any atom is -0.497 e. The Hall–Kier alpha value is -5.06. The Kier molecular flexibility index (Phi) is 10.9. The monoisotopic (exact) mass is 683 g/mol. The van der Waals surface area contributed by atoms with Gasteiger partial charge in [-0.2, -0.15) is 4.31 Å². The van der Waals surface area contributed by atoms with Crippen LogP contribution in [0.3, 0.4) is 0 Å². The molecule has 0 aliphatic carbocycles. The average molecular weight is 684 g/mol. The molecule has 0 radical (unpaired) electrons. The van der Waals surface area contributed by atoms with E-state index in [1.54, 1.807) is 64.9 Å². The fraction of sp³-hybridized carbons (Fsp3) is 0.344. The Morgan fingerprint density at radius 2 is 1.48 bits per heavy atom. The van der Waals surface area contributed by atoms with Gasteiger partial charge in [-0.1, -0.05) is 6.07 Å². The number of amides is 4. The standard InChI is InChI=1S/C32H37N5O10S/c1-44-24-6-4-23(5-7-24)33-32(40)36-17-15-35(16-18-36)30(38)14-12-27(31(39)34-41)37(20-22-3-13-28-29(19-22)47-21-46-28)48(42,43)26-10-8-25(45-2)9-11-26/h3-11,13,19,27,41H,12,14-18,20-21H2,1-2H3,(H,33,40)(H,34,39)/t27-/m1/s1. The maximum absolute atomic E-state index is 14.1. The molecular weight excluding hydrogens is 646 g/mol. The van der Waals surface area contributed by atoms with Crippen molar-refractivity contribution in [2.24, 2.45) is 0 Å². The molecule has 0 unspecified atom stereocenters. The molecule has 0 spiro atoms. The molecular formula is C32H37N5O10S. The SMILES string of the molecule is COc1ccc(NC(=O)N2CCN(C(=O)CC[C@H](C(=O)NO)N(Cc3ccc4c(c3)OCO4)S(=O)(=O)c3ccc(OC)cc3)CC2)cc1. The molecule has 0 saturated carbocycles. The Morgan fingerprint density at radius 1 is 0.875 bits per heavy atom. The smallest absolute Gasteiger partial charge is 0.321 e. The van der Waals surface area contributed by atoms with Crippen molar-refractivity contribution in [1.82, 2.24) is 19.6 Å². The maximum atomic E-state index is 14.1. The molecule has 2 aliphatic heterocycles. The van der Waals surface area contributed by atoms with Crippen LogP contribution in [0.15, 0.2) is 71.6 Å². The van der Waals surface area contributed by atoms with E-state index in [-0.39, 0.29) is 69.2 Å². The van der Waals surface area contributed by atoms with Crippen molar-refractivity contribution in [2.75, 3.05) is 52.5 Å². The zero-order valence-electron chi connectivity index (χ0n) is 26.5. The van der Waals surface area contributed by atoms with Gasteiger partial charge in [-0.3, -0.25) is 14.8 Å². The van der Waals surface area contributed by atoms with Gasteiger partial charge in [0.05, 0.1) is 19.1 Å². The second-order valence-electron chi connectivity index (χ2n) is 11.0. The van der Waals surface area contributed by atoms with E-state index < -0.39 is 22.0 Å². The third-order valence-corrected chi connectivity index (χ3v) is 9.96. The summed E-state index contributed by atoms with van der Waals surface area (Å²) in [5.41, 5.74) is 2.66. The van der Waals surface area contributed by atoms with Gasteiger partial charge in [0.1, 0.15) is 17.5 Å². The lowest BCUT2D eigenvalue weighted by Crippen LogP contribution is -2.52. The number of piperazine rings is 1. The van der Waals surface area contributed by atoms with Gasteiger partial charge in [0.2, 0.25) is 22.7 Å². The number of rotatable bonds is 12. The number of urea groups is 1. The third-order valence-electron chi connectivity index (χ3n) is 8.09. The van der Waals surface area contributed by atoms with Crippen molar-refractivity contribution < 1.29 is 47.0 Å². The number of fused-ring (bicyclic) bond motifs is 1. The number of nitrogens with zero attached hydrogens (tertiary/aromatic N) is 3. The number of sulfonamides is 1. The minimum absolute atomic E-state index is 0.0197. The highest BCUT2D eigenvalue weighted by atomic mass is 32.2. The van der Waals surface area contributed by atoms with Crippen LogP contribution in [0.5, 0.6) is 23.0 Å². The van der Waals surface area contributed by atoms with Gasteiger partial charge in [-0.05, 0) is 72.6 Å². The predicted molar refractivity (Wildman–Crippen MR) is 171 cm³/mol. The summed E-state index contributed by atoms with van der Waals surface area (Å²) in [6, 6.07) is 15.7. The van der Waals surface area contributed by atoms with E-state index in [4.69, 9.17) is 18.9 Å². The van der Waals surface area contributed by atoms with E-state index in [2.05, 4.69) is 5.32 Å². The van der Waals surface area contributed by atoms with Crippen LogP contribution in [0.4, 0.5) is 10.5 Å². The molecule has 256 valence electrons. The van der Waals surface area contributed by atoms with Crippen LogP contribution < -0.4 is 29.7 Å². The summed E-state index contributed by atoms with van der Waals surface area (Å²) in [6.45, 7) is 0.783. The number of nitrogens with one attached hydrogen (secondary N) is 2. The number of anilines is 1. The fourth-order valence-corrected chi connectivity index (χ4v) is 7.01. The Labute approximate surface area is 277 Å². The number of hydroxylamine groups is 1. The number of benzene rings is 3. The van der Waals surface area contributed by atoms with Crippen LogP contribution in [0.2, 0.25) is 0 Å². The van der Waals surface area contributed by atoms with Gasteiger partial charge in [0.15, 0.2) is 11.5 Å². The molecule has 1 fully saturated rings. The van der Waals surface area contributed by atoms with E-state index in [9.17, 15) is 28.0 Å². The first-order valence-corrected chi connectivity index (χ1v) is 16.5.